The number of carbonyl (C=O) groups is 3. The average molecular weight is 667 g/mol. The molecule has 2 fully saturated rings. The Kier molecular flexibility index (Phi) is 8.54. The highest BCUT2D eigenvalue weighted by molar-refractivity contribution is 6.00. The summed E-state index contributed by atoms with van der Waals surface area (Å²) in [4.78, 5) is 39.3. The van der Waals surface area contributed by atoms with Crippen LogP contribution in [0.2, 0.25) is 0 Å². The van der Waals surface area contributed by atoms with E-state index in [0.29, 0.717) is 25.0 Å². The Morgan fingerprint density at radius 2 is 1.71 bits per heavy atom. The molecular weight excluding hydrogens is 639 g/mol. The molecule has 1 heterocycles. The lowest BCUT2D eigenvalue weighted by Crippen LogP contribution is -2.48. The van der Waals surface area contributed by atoms with Crippen LogP contribution in [0, 0.1) is 29.4 Å². The van der Waals surface area contributed by atoms with Crippen molar-refractivity contribution in [2.45, 2.75) is 25.1 Å². The number of anilines is 1. The number of fused-ring (bicyclic) bond motifs is 2. The number of rotatable bonds is 8. The molecule has 2 aliphatic carbocycles. The van der Waals surface area contributed by atoms with Gasteiger partial charge in [0.15, 0.2) is 0 Å². The molecule has 13 heteroatoms. The summed E-state index contributed by atoms with van der Waals surface area (Å²) >= 11 is 0. The number of ether oxygens (including phenoxy) is 1. The summed E-state index contributed by atoms with van der Waals surface area (Å²) in [5.41, 5.74) is -0.271. The Morgan fingerprint density at radius 1 is 0.958 bits per heavy atom. The van der Waals surface area contributed by atoms with Crippen LogP contribution in [0.5, 0.6) is 5.75 Å². The van der Waals surface area contributed by atoms with Crippen LogP contribution in [0.25, 0.3) is 17.2 Å². The second kappa shape index (κ2) is 12.6. The van der Waals surface area contributed by atoms with Crippen molar-refractivity contribution in [1.82, 2.24) is 5.32 Å². The standard InChI is InChI=1S/C35H27F5N2O6/c1-47-29-9-3-18(23-14-19(34(45)46)2-7-27(23)36)13-25(29)32(43)42-31-22-6-5-21(24(22)12-17-10-11-48-16-17)30(31)33(44)41-20-4-8-28(37)26(15-20)35(38,39)40/h2-4,7-16,21-22,30-31H,5-6H2,1H3,(H,41,44)(H,42,43)(H,45,46)/b24-12-/t21?,22?,30-,31+/m0/s1. The summed E-state index contributed by atoms with van der Waals surface area (Å²) in [5, 5.41) is 14.8. The number of carboxylic acid groups (broad SMARTS) is 1. The normalized spacial score (nSPS) is 20.9. The first-order valence-electron chi connectivity index (χ1n) is 14.8. The molecule has 0 saturated heterocycles. The Hall–Kier alpha value is -5.46. The zero-order chi connectivity index (χ0) is 34.3. The van der Waals surface area contributed by atoms with Crippen molar-refractivity contribution in [3.63, 3.8) is 0 Å². The van der Waals surface area contributed by atoms with Crippen LogP contribution < -0.4 is 15.4 Å². The van der Waals surface area contributed by atoms with E-state index in [1.54, 1.807) is 6.07 Å². The van der Waals surface area contributed by atoms with Crippen LogP contribution in [0.3, 0.4) is 0 Å². The predicted octanol–water partition coefficient (Wildman–Crippen LogP) is 7.43. The molecule has 0 spiro atoms. The van der Waals surface area contributed by atoms with E-state index in [9.17, 15) is 41.4 Å². The molecule has 6 rings (SSSR count). The predicted molar refractivity (Wildman–Crippen MR) is 163 cm³/mol. The van der Waals surface area contributed by atoms with Gasteiger partial charge in [0.1, 0.15) is 17.4 Å². The fourth-order valence-electron chi connectivity index (χ4n) is 6.75. The number of carbonyl (C=O) groups excluding carboxylic acids is 2. The second-order valence-electron chi connectivity index (χ2n) is 11.6. The number of methoxy groups -OCH3 is 1. The van der Waals surface area contributed by atoms with E-state index in [2.05, 4.69) is 10.6 Å². The molecule has 8 nitrogen and oxygen atoms in total. The first kappa shape index (κ1) is 32.5. The molecule has 2 saturated carbocycles. The fourth-order valence-corrected chi connectivity index (χ4v) is 6.75. The molecule has 1 aromatic heterocycles. The van der Waals surface area contributed by atoms with E-state index >= 15 is 0 Å². The maximum Gasteiger partial charge on any atom is 0.419 e. The molecular formula is C35H27F5N2O6. The van der Waals surface area contributed by atoms with Crippen molar-refractivity contribution in [3.05, 3.63) is 113 Å². The van der Waals surface area contributed by atoms with Gasteiger partial charge in [-0.05, 0) is 78.9 Å². The zero-order valence-corrected chi connectivity index (χ0v) is 25.1. The molecule has 2 bridgehead atoms. The number of hydrogen-bond donors (Lipinski definition) is 3. The number of benzene rings is 3. The number of carboxylic acids is 1. The van der Waals surface area contributed by atoms with Gasteiger partial charge < -0.3 is 24.9 Å². The van der Waals surface area contributed by atoms with Crippen LogP contribution in [0.1, 0.15) is 44.7 Å². The smallest absolute Gasteiger partial charge is 0.419 e. The first-order chi connectivity index (χ1) is 22.8. The largest absolute Gasteiger partial charge is 0.496 e. The van der Waals surface area contributed by atoms with Crippen molar-refractivity contribution in [1.29, 1.82) is 0 Å². The number of halogens is 5. The van der Waals surface area contributed by atoms with Crippen LogP contribution in [0.4, 0.5) is 27.6 Å². The van der Waals surface area contributed by atoms with Crippen molar-refractivity contribution in [2.24, 2.45) is 17.8 Å². The summed E-state index contributed by atoms with van der Waals surface area (Å²) in [7, 11) is 1.33. The minimum atomic E-state index is -4.99. The van der Waals surface area contributed by atoms with Gasteiger partial charge in [-0.1, -0.05) is 17.7 Å². The van der Waals surface area contributed by atoms with Gasteiger partial charge in [-0.15, -0.1) is 0 Å². The van der Waals surface area contributed by atoms with Crippen molar-refractivity contribution < 1.29 is 50.6 Å². The van der Waals surface area contributed by atoms with Gasteiger partial charge in [-0.3, -0.25) is 9.59 Å². The lowest BCUT2D eigenvalue weighted by Gasteiger charge is -2.30. The molecule has 248 valence electrons. The monoisotopic (exact) mass is 666 g/mol. The van der Waals surface area contributed by atoms with E-state index in [4.69, 9.17) is 9.15 Å². The highest BCUT2D eigenvalue weighted by Crippen LogP contribution is 2.53. The lowest BCUT2D eigenvalue weighted by atomic mass is 9.83. The summed E-state index contributed by atoms with van der Waals surface area (Å²) in [6.45, 7) is 0. The van der Waals surface area contributed by atoms with Gasteiger partial charge in [-0.2, -0.15) is 13.2 Å². The van der Waals surface area contributed by atoms with Crippen molar-refractivity contribution in [2.75, 3.05) is 12.4 Å². The van der Waals surface area contributed by atoms with Gasteiger partial charge in [0.05, 0.1) is 42.2 Å². The number of furan rings is 1. The zero-order valence-electron chi connectivity index (χ0n) is 25.1. The van der Waals surface area contributed by atoms with Gasteiger partial charge >= 0.3 is 12.1 Å². The minimum absolute atomic E-state index is 0.0224. The number of hydrogen-bond acceptors (Lipinski definition) is 5. The summed E-state index contributed by atoms with van der Waals surface area (Å²) < 4.78 is 79.5. The Bertz CT molecular complexity index is 1940. The van der Waals surface area contributed by atoms with Gasteiger partial charge in [0.25, 0.3) is 5.91 Å². The lowest BCUT2D eigenvalue weighted by molar-refractivity contribution is -0.140. The molecule has 3 N–H and O–H groups in total. The molecule has 48 heavy (non-hydrogen) atoms. The number of nitrogens with one attached hydrogen (secondary N) is 2. The Morgan fingerprint density at radius 3 is 2.40 bits per heavy atom. The molecule has 2 aliphatic rings. The van der Waals surface area contributed by atoms with E-state index in [1.165, 1.54) is 37.8 Å². The Balaban J connectivity index is 1.35. The van der Waals surface area contributed by atoms with Crippen LogP contribution in [-0.2, 0) is 11.0 Å². The third-order valence-electron chi connectivity index (χ3n) is 8.88. The van der Waals surface area contributed by atoms with E-state index < -0.39 is 53.1 Å². The molecule has 0 radical (unpaired) electrons. The van der Waals surface area contributed by atoms with Crippen LogP contribution >= 0.6 is 0 Å². The van der Waals surface area contributed by atoms with Crippen molar-refractivity contribution >= 4 is 29.5 Å². The van der Waals surface area contributed by atoms with Gasteiger partial charge in [0.2, 0.25) is 5.91 Å². The third kappa shape index (κ3) is 6.15. The fraction of sp³-hybridized carbons (Fsp3) is 0.229. The highest BCUT2D eigenvalue weighted by atomic mass is 19.4. The quantitative estimate of drug-likeness (QED) is 0.169. The SMILES string of the molecule is COc1ccc(-c2cc(C(=O)O)ccc2F)cc1C(=O)N[C@@H]1C2CCC(/C2=C/c2ccoc2)[C@@H]1C(=O)Nc1ccc(F)c(C(F)(F)F)c1. The number of amides is 2. The number of alkyl halides is 3. The van der Waals surface area contributed by atoms with Crippen LogP contribution in [0.15, 0.2) is 83.2 Å². The van der Waals surface area contributed by atoms with Crippen LogP contribution in [-0.4, -0.2) is 36.0 Å². The summed E-state index contributed by atoms with van der Waals surface area (Å²) in [6.07, 6.45) is 1.03. The average Bonchev–Trinajstić information content (AvgIpc) is 3.78. The highest BCUT2D eigenvalue weighted by Gasteiger charge is 2.54. The van der Waals surface area contributed by atoms with E-state index in [1.807, 2.05) is 6.08 Å². The minimum Gasteiger partial charge on any atom is -0.496 e. The number of aromatic carboxylic acids is 1. The molecule has 4 aromatic rings. The van der Waals surface area contributed by atoms with E-state index in [0.717, 1.165) is 35.4 Å². The second-order valence-corrected chi connectivity index (χ2v) is 11.6. The summed E-state index contributed by atoms with van der Waals surface area (Å²) in [6, 6.07) is 10.6. The maximum atomic E-state index is 14.8. The molecule has 2 amide bonds. The van der Waals surface area contributed by atoms with Gasteiger partial charge in [0, 0.05) is 28.8 Å². The molecule has 3 aromatic carbocycles. The first-order valence-corrected chi connectivity index (χ1v) is 14.8. The van der Waals surface area contributed by atoms with Gasteiger partial charge in [-0.25, -0.2) is 13.6 Å². The van der Waals surface area contributed by atoms with Crippen molar-refractivity contribution in [3.8, 4) is 16.9 Å². The molecule has 4 atom stereocenters. The Labute approximate surface area is 270 Å². The third-order valence-corrected chi connectivity index (χ3v) is 8.88. The van der Waals surface area contributed by atoms with E-state index in [-0.39, 0.29) is 45.5 Å². The maximum absolute atomic E-state index is 14.8. The topological polar surface area (TPSA) is 118 Å². The summed E-state index contributed by atoms with van der Waals surface area (Å²) in [5.74, 6) is -6.34. The molecule has 0 aliphatic heterocycles. The molecule has 2 unspecified atom stereocenters.